The summed E-state index contributed by atoms with van der Waals surface area (Å²) in [4.78, 5) is 16.2. The molecule has 0 aliphatic carbocycles. The summed E-state index contributed by atoms with van der Waals surface area (Å²) in [5.41, 5.74) is 12.8. The topological polar surface area (TPSA) is 73.8 Å². The number of carbonyl (C=O) groups excluding carboxylic acids is 1. The molecule has 5 aromatic rings. The van der Waals surface area contributed by atoms with Crippen LogP contribution in [0.5, 0.6) is 0 Å². The first-order chi connectivity index (χ1) is 14.5. The predicted octanol–water partition coefficient (Wildman–Crippen LogP) is 4.96. The number of hydrogen-bond acceptors (Lipinski definition) is 3. The SMILES string of the molecule is Cc1cc(-n2nc(C)c3c(-c4cnc5ccccc5c4)cccc32)ccc1C(N)=O. The molecule has 5 nitrogen and oxygen atoms in total. The maximum atomic E-state index is 11.6. The minimum absolute atomic E-state index is 0.424. The van der Waals surface area contributed by atoms with E-state index >= 15 is 0 Å². The van der Waals surface area contributed by atoms with E-state index in [9.17, 15) is 4.79 Å². The average Bonchev–Trinajstić information content (AvgIpc) is 3.10. The van der Waals surface area contributed by atoms with Gasteiger partial charge in [-0.25, -0.2) is 4.68 Å². The minimum Gasteiger partial charge on any atom is -0.366 e. The summed E-state index contributed by atoms with van der Waals surface area (Å²) in [6.07, 6.45) is 1.92. The fourth-order valence-electron chi connectivity index (χ4n) is 4.06. The number of aryl methyl sites for hydroxylation is 2. The first-order valence-corrected chi connectivity index (χ1v) is 9.77. The first kappa shape index (κ1) is 18.1. The molecule has 0 fully saturated rings. The number of benzene rings is 3. The van der Waals surface area contributed by atoms with E-state index in [1.165, 1.54) is 0 Å². The van der Waals surface area contributed by atoms with Gasteiger partial charge < -0.3 is 5.73 Å². The Hall–Kier alpha value is -3.99. The third kappa shape index (κ3) is 2.83. The molecular weight excluding hydrogens is 372 g/mol. The van der Waals surface area contributed by atoms with Crippen LogP contribution in [0.2, 0.25) is 0 Å². The molecule has 5 heteroatoms. The number of carbonyl (C=O) groups is 1. The molecule has 0 bridgehead atoms. The van der Waals surface area contributed by atoms with Crippen molar-refractivity contribution in [1.82, 2.24) is 14.8 Å². The quantitative estimate of drug-likeness (QED) is 0.472. The van der Waals surface area contributed by atoms with E-state index in [1.54, 1.807) is 6.07 Å². The number of rotatable bonds is 3. The highest BCUT2D eigenvalue weighted by Crippen LogP contribution is 2.33. The Morgan fingerprint density at radius 2 is 1.80 bits per heavy atom. The van der Waals surface area contributed by atoms with Crippen LogP contribution in [-0.2, 0) is 0 Å². The van der Waals surface area contributed by atoms with Crippen LogP contribution in [0.15, 0.2) is 72.9 Å². The Labute approximate surface area is 173 Å². The standard InChI is InChI=1S/C25H20N4O/c1-15-12-19(10-11-20(15)25(26)30)29-23-9-5-7-21(24(23)16(2)28-29)18-13-17-6-3-4-8-22(17)27-14-18/h3-14H,1-2H3,(H2,26,30). The highest BCUT2D eigenvalue weighted by atomic mass is 16.1. The molecule has 2 aromatic heterocycles. The Balaban J connectivity index is 1.71. The molecule has 0 radical (unpaired) electrons. The van der Waals surface area contributed by atoms with E-state index in [-0.39, 0.29) is 0 Å². The molecular formula is C25H20N4O. The van der Waals surface area contributed by atoms with E-state index in [0.717, 1.165) is 49.9 Å². The summed E-state index contributed by atoms with van der Waals surface area (Å²) >= 11 is 0. The number of amides is 1. The molecule has 2 heterocycles. The molecule has 0 unspecified atom stereocenters. The zero-order chi connectivity index (χ0) is 20.8. The molecule has 0 aliphatic rings. The number of nitrogens with two attached hydrogens (primary N) is 1. The fraction of sp³-hybridized carbons (Fsp3) is 0.0800. The lowest BCUT2D eigenvalue weighted by Gasteiger charge is -2.09. The van der Waals surface area contributed by atoms with Gasteiger partial charge in [0.25, 0.3) is 0 Å². The maximum absolute atomic E-state index is 11.6. The molecule has 0 saturated heterocycles. The summed E-state index contributed by atoms with van der Waals surface area (Å²) in [7, 11) is 0. The number of primary amides is 1. The van der Waals surface area contributed by atoms with Crippen LogP contribution in [0.1, 0.15) is 21.6 Å². The van der Waals surface area contributed by atoms with Crippen molar-refractivity contribution in [2.24, 2.45) is 5.73 Å². The van der Waals surface area contributed by atoms with Crippen molar-refractivity contribution in [2.45, 2.75) is 13.8 Å². The third-order valence-corrected chi connectivity index (χ3v) is 5.50. The van der Waals surface area contributed by atoms with Crippen molar-refractivity contribution in [3.63, 3.8) is 0 Å². The molecule has 5 rings (SSSR count). The lowest BCUT2D eigenvalue weighted by atomic mass is 10.0. The fourth-order valence-corrected chi connectivity index (χ4v) is 4.06. The number of hydrogen-bond donors (Lipinski definition) is 1. The van der Waals surface area contributed by atoms with Gasteiger partial charge in [0.05, 0.1) is 22.4 Å². The van der Waals surface area contributed by atoms with Crippen LogP contribution in [0.25, 0.3) is 38.6 Å². The molecule has 0 atom stereocenters. The average molecular weight is 392 g/mol. The third-order valence-electron chi connectivity index (χ3n) is 5.50. The van der Waals surface area contributed by atoms with Gasteiger partial charge in [0, 0.05) is 28.1 Å². The van der Waals surface area contributed by atoms with Crippen molar-refractivity contribution in [1.29, 1.82) is 0 Å². The van der Waals surface area contributed by atoms with Crippen molar-refractivity contribution in [3.8, 4) is 16.8 Å². The molecule has 0 aliphatic heterocycles. The summed E-state index contributed by atoms with van der Waals surface area (Å²) in [6.45, 7) is 3.90. The number of para-hydroxylation sites is 1. The lowest BCUT2D eigenvalue weighted by Crippen LogP contribution is -2.13. The van der Waals surface area contributed by atoms with Gasteiger partial charge >= 0.3 is 0 Å². The number of fused-ring (bicyclic) bond motifs is 2. The zero-order valence-electron chi connectivity index (χ0n) is 16.8. The van der Waals surface area contributed by atoms with Crippen molar-refractivity contribution in [3.05, 3.63) is 89.7 Å². The highest BCUT2D eigenvalue weighted by molar-refractivity contribution is 5.99. The number of nitrogens with zero attached hydrogens (tertiary/aromatic N) is 3. The van der Waals surface area contributed by atoms with Gasteiger partial charge in [0.1, 0.15) is 0 Å². The normalized spacial score (nSPS) is 11.3. The molecule has 30 heavy (non-hydrogen) atoms. The van der Waals surface area contributed by atoms with Crippen LogP contribution < -0.4 is 5.73 Å². The second-order valence-electron chi connectivity index (χ2n) is 7.48. The second-order valence-corrected chi connectivity index (χ2v) is 7.48. The largest absolute Gasteiger partial charge is 0.366 e. The number of pyridine rings is 1. The van der Waals surface area contributed by atoms with Gasteiger partial charge in [0.15, 0.2) is 0 Å². The smallest absolute Gasteiger partial charge is 0.248 e. The van der Waals surface area contributed by atoms with Crippen LogP contribution >= 0.6 is 0 Å². The van der Waals surface area contributed by atoms with Gasteiger partial charge in [-0.2, -0.15) is 5.10 Å². The Morgan fingerprint density at radius 1 is 0.967 bits per heavy atom. The van der Waals surface area contributed by atoms with Crippen LogP contribution in [0.3, 0.4) is 0 Å². The maximum Gasteiger partial charge on any atom is 0.248 e. The summed E-state index contributed by atoms with van der Waals surface area (Å²) in [5.74, 6) is -0.424. The van der Waals surface area contributed by atoms with Crippen molar-refractivity contribution < 1.29 is 4.79 Å². The van der Waals surface area contributed by atoms with Gasteiger partial charge in [-0.1, -0.05) is 30.3 Å². The Bertz CT molecular complexity index is 1450. The predicted molar refractivity (Wildman–Crippen MR) is 120 cm³/mol. The van der Waals surface area contributed by atoms with Gasteiger partial charge in [-0.3, -0.25) is 9.78 Å². The van der Waals surface area contributed by atoms with Gasteiger partial charge in [0.2, 0.25) is 5.91 Å². The zero-order valence-corrected chi connectivity index (χ0v) is 16.8. The Kier molecular flexibility index (Phi) is 4.10. The first-order valence-electron chi connectivity index (χ1n) is 9.77. The van der Waals surface area contributed by atoms with Gasteiger partial charge in [-0.05, 0) is 61.4 Å². The highest BCUT2D eigenvalue weighted by Gasteiger charge is 2.15. The van der Waals surface area contributed by atoms with Crippen LogP contribution in [0.4, 0.5) is 0 Å². The Morgan fingerprint density at radius 3 is 2.60 bits per heavy atom. The van der Waals surface area contributed by atoms with Gasteiger partial charge in [-0.15, -0.1) is 0 Å². The van der Waals surface area contributed by atoms with Crippen molar-refractivity contribution >= 4 is 27.7 Å². The van der Waals surface area contributed by atoms with E-state index in [2.05, 4.69) is 29.2 Å². The molecule has 3 aromatic carbocycles. The van der Waals surface area contributed by atoms with E-state index < -0.39 is 5.91 Å². The monoisotopic (exact) mass is 392 g/mol. The molecule has 146 valence electrons. The van der Waals surface area contributed by atoms with Crippen molar-refractivity contribution in [2.75, 3.05) is 0 Å². The molecule has 0 saturated carbocycles. The molecule has 0 spiro atoms. The summed E-state index contributed by atoms with van der Waals surface area (Å²) in [5, 5.41) is 7.00. The minimum atomic E-state index is -0.424. The van der Waals surface area contributed by atoms with E-state index in [4.69, 9.17) is 10.8 Å². The van der Waals surface area contributed by atoms with Crippen LogP contribution in [-0.4, -0.2) is 20.7 Å². The van der Waals surface area contributed by atoms with E-state index in [1.807, 2.05) is 61.1 Å². The second kappa shape index (κ2) is 6.81. The van der Waals surface area contributed by atoms with E-state index in [0.29, 0.717) is 5.56 Å². The molecule has 2 N–H and O–H groups in total. The molecule has 1 amide bonds. The van der Waals surface area contributed by atoms with Crippen LogP contribution in [0, 0.1) is 13.8 Å². The summed E-state index contributed by atoms with van der Waals surface area (Å²) < 4.78 is 1.92. The summed E-state index contributed by atoms with van der Waals surface area (Å²) in [6, 6.07) is 22.1. The number of aromatic nitrogens is 3. The lowest BCUT2D eigenvalue weighted by molar-refractivity contribution is 0.0999.